The van der Waals surface area contributed by atoms with Gasteiger partial charge in [-0.05, 0) is 73.7 Å². The maximum Gasteiger partial charge on any atom is 0.300 e. The molecule has 0 aromatic heterocycles. The van der Waals surface area contributed by atoms with E-state index in [9.17, 15) is 14.7 Å². The summed E-state index contributed by atoms with van der Waals surface area (Å²) in [6, 6.07) is 20.0. The number of ketones is 1. The van der Waals surface area contributed by atoms with Crippen LogP contribution in [-0.4, -0.2) is 16.8 Å². The molecule has 1 N–H and O–H groups in total. The van der Waals surface area contributed by atoms with Crippen molar-refractivity contribution in [3.8, 4) is 0 Å². The van der Waals surface area contributed by atoms with E-state index in [1.54, 1.807) is 6.07 Å². The largest absolute Gasteiger partial charge is 0.507 e. The molecule has 1 heterocycles. The van der Waals surface area contributed by atoms with E-state index in [0.29, 0.717) is 11.3 Å². The highest BCUT2D eigenvalue weighted by molar-refractivity contribution is 6.51. The predicted molar refractivity (Wildman–Crippen MR) is 123 cm³/mol. The van der Waals surface area contributed by atoms with Gasteiger partial charge >= 0.3 is 0 Å². The molecular weight excluding hydrogens is 386 g/mol. The van der Waals surface area contributed by atoms with Crippen molar-refractivity contribution < 1.29 is 14.7 Å². The Morgan fingerprint density at radius 1 is 0.806 bits per heavy atom. The van der Waals surface area contributed by atoms with Crippen LogP contribution in [0.5, 0.6) is 0 Å². The van der Waals surface area contributed by atoms with E-state index in [2.05, 4.69) is 0 Å². The zero-order valence-electron chi connectivity index (χ0n) is 18.1. The SMILES string of the molecule is Cc1cc(C)cc(N2C(=O)C(=O)/C(=C(\O)c3ccc(C)c(C)c3)C2c2ccccc2)c1. The zero-order chi connectivity index (χ0) is 22.3. The van der Waals surface area contributed by atoms with Gasteiger partial charge in [-0.2, -0.15) is 0 Å². The van der Waals surface area contributed by atoms with Crippen LogP contribution in [0.3, 0.4) is 0 Å². The van der Waals surface area contributed by atoms with Gasteiger partial charge in [0.2, 0.25) is 0 Å². The molecule has 4 heteroatoms. The molecule has 1 aliphatic rings. The molecule has 1 atom stereocenters. The Bertz CT molecular complexity index is 1200. The van der Waals surface area contributed by atoms with Crippen molar-refractivity contribution in [3.05, 3.63) is 106 Å². The standard InChI is InChI=1S/C27H25NO3/c1-16-12-17(2)14-22(13-16)28-24(20-8-6-5-7-9-20)23(26(30)27(28)31)25(29)21-11-10-18(3)19(4)15-21/h5-15,24,29H,1-4H3/b25-23-. The average molecular weight is 412 g/mol. The first-order valence-corrected chi connectivity index (χ1v) is 10.3. The lowest BCUT2D eigenvalue weighted by Crippen LogP contribution is -2.29. The highest BCUT2D eigenvalue weighted by atomic mass is 16.3. The van der Waals surface area contributed by atoms with E-state index in [1.165, 1.54) is 4.90 Å². The normalized spacial score (nSPS) is 17.9. The summed E-state index contributed by atoms with van der Waals surface area (Å²) in [6.45, 7) is 7.86. The Labute approximate surface area is 182 Å². The van der Waals surface area contributed by atoms with Crippen LogP contribution in [0.25, 0.3) is 5.76 Å². The number of hydrogen-bond donors (Lipinski definition) is 1. The average Bonchev–Trinajstić information content (AvgIpc) is 3.00. The summed E-state index contributed by atoms with van der Waals surface area (Å²) in [5.41, 5.74) is 6.14. The van der Waals surface area contributed by atoms with Crippen LogP contribution in [0.2, 0.25) is 0 Å². The Kier molecular flexibility index (Phi) is 5.24. The monoisotopic (exact) mass is 411 g/mol. The fraction of sp³-hybridized carbons (Fsp3) is 0.185. The van der Waals surface area contributed by atoms with E-state index in [1.807, 2.05) is 88.4 Å². The van der Waals surface area contributed by atoms with Gasteiger partial charge in [0, 0.05) is 11.3 Å². The number of benzene rings is 3. The number of rotatable bonds is 3. The van der Waals surface area contributed by atoms with Gasteiger partial charge in [0.05, 0.1) is 11.6 Å². The molecule has 0 saturated carbocycles. The van der Waals surface area contributed by atoms with Crippen molar-refractivity contribution in [1.29, 1.82) is 0 Å². The number of carbonyl (C=O) groups is 2. The third kappa shape index (κ3) is 3.66. The fourth-order valence-electron chi connectivity index (χ4n) is 4.18. The Hall–Kier alpha value is -3.66. The highest BCUT2D eigenvalue weighted by Gasteiger charge is 2.47. The summed E-state index contributed by atoms with van der Waals surface area (Å²) >= 11 is 0. The number of nitrogens with zero attached hydrogens (tertiary/aromatic N) is 1. The summed E-state index contributed by atoms with van der Waals surface area (Å²) in [4.78, 5) is 27.9. The van der Waals surface area contributed by atoms with E-state index in [0.717, 1.165) is 27.8 Å². The van der Waals surface area contributed by atoms with Gasteiger partial charge in [-0.1, -0.05) is 48.5 Å². The van der Waals surface area contributed by atoms with Crippen molar-refractivity contribution >= 4 is 23.1 Å². The van der Waals surface area contributed by atoms with Crippen molar-refractivity contribution in [2.45, 2.75) is 33.7 Å². The van der Waals surface area contributed by atoms with Crippen molar-refractivity contribution in [1.82, 2.24) is 0 Å². The molecule has 1 amide bonds. The quantitative estimate of drug-likeness (QED) is 0.349. The van der Waals surface area contributed by atoms with Crippen LogP contribution >= 0.6 is 0 Å². The molecule has 156 valence electrons. The van der Waals surface area contributed by atoms with Gasteiger partial charge < -0.3 is 5.11 Å². The second-order valence-corrected chi connectivity index (χ2v) is 8.22. The van der Waals surface area contributed by atoms with Crippen molar-refractivity contribution in [2.24, 2.45) is 0 Å². The summed E-state index contributed by atoms with van der Waals surface area (Å²) in [5, 5.41) is 11.2. The Morgan fingerprint density at radius 2 is 1.45 bits per heavy atom. The van der Waals surface area contributed by atoms with Crippen LogP contribution in [0, 0.1) is 27.7 Å². The lowest BCUT2D eigenvalue weighted by Gasteiger charge is -2.26. The molecule has 3 aromatic carbocycles. The number of aryl methyl sites for hydroxylation is 4. The summed E-state index contributed by atoms with van der Waals surface area (Å²) < 4.78 is 0. The first kappa shape index (κ1) is 20.6. The van der Waals surface area contributed by atoms with Crippen LogP contribution in [0.15, 0.2) is 72.3 Å². The minimum absolute atomic E-state index is 0.110. The topological polar surface area (TPSA) is 57.6 Å². The molecule has 4 rings (SSSR count). The van der Waals surface area contributed by atoms with Crippen LogP contribution < -0.4 is 4.90 Å². The first-order chi connectivity index (χ1) is 14.8. The van der Waals surface area contributed by atoms with Gasteiger partial charge in [0.1, 0.15) is 5.76 Å². The van der Waals surface area contributed by atoms with Crippen LogP contribution in [0.4, 0.5) is 5.69 Å². The first-order valence-electron chi connectivity index (χ1n) is 10.3. The van der Waals surface area contributed by atoms with Crippen LogP contribution in [0.1, 0.15) is 39.4 Å². The maximum atomic E-state index is 13.2. The van der Waals surface area contributed by atoms with Crippen molar-refractivity contribution in [2.75, 3.05) is 4.90 Å². The molecule has 31 heavy (non-hydrogen) atoms. The third-order valence-corrected chi connectivity index (χ3v) is 5.82. The number of Topliss-reactive ketones (excluding diaryl/α,β-unsaturated/α-hetero) is 1. The molecule has 4 nitrogen and oxygen atoms in total. The molecule has 0 spiro atoms. The van der Waals surface area contributed by atoms with E-state index >= 15 is 0 Å². The molecule has 0 aliphatic carbocycles. The second kappa shape index (κ2) is 7.88. The van der Waals surface area contributed by atoms with Gasteiger partial charge in [-0.15, -0.1) is 0 Å². The van der Waals surface area contributed by atoms with E-state index in [4.69, 9.17) is 0 Å². The molecule has 1 saturated heterocycles. The molecular formula is C27H25NO3. The van der Waals surface area contributed by atoms with Gasteiger partial charge in [-0.25, -0.2) is 0 Å². The fourth-order valence-corrected chi connectivity index (χ4v) is 4.18. The summed E-state index contributed by atoms with van der Waals surface area (Å²) in [7, 11) is 0. The smallest absolute Gasteiger partial charge is 0.300 e. The number of carbonyl (C=O) groups excluding carboxylic acids is 2. The number of anilines is 1. The summed E-state index contributed by atoms with van der Waals surface area (Å²) in [6.07, 6.45) is 0. The second-order valence-electron chi connectivity index (χ2n) is 8.22. The van der Waals surface area contributed by atoms with E-state index in [-0.39, 0.29) is 11.3 Å². The number of hydrogen-bond acceptors (Lipinski definition) is 3. The van der Waals surface area contributed by atoms with Gasteiger partial charge in [-0.3, -0.25) is 14.5 Å². The van der Waals surface area contributed by atoms with E-state index < -0.39 is 17.7 Å². The Balaban J connectivity index is 1.97. The predicted octanol–water partition coefficient (Wildman–Crippen LogP) is 5.55. The number of aliphatic hydroxyl groups is 1. The lowest BCUT2D eigenvalue weighted by molar-refractivity contribution is -0.132. The zero-order valence-corrected chi connectivity index (χ0v) is 18.1. The summed E-state index contributed by atoms with van der Waals surface area (Å²) in [5.74, 6) is -1.46. The molecule has 3 aromatic rings. The highest BCUT2D eigenvalue weighted by Crippen LogP contribution is 2.42. The lowest BCUT2D eigenvalue weighted by atomic mass is 9.94. The van der Waals surface area contributed by atoms with Crippen LogP contribution in [-0.2, 0) is 9.59 Å². The number of aliphatic hydroxyl groups excluding tert-OH is 1. The molecule has 1 fully saturated rings. The molecule has 0 radical (unpaired) electrons. The molecule has 1 aliphatic heterocycles. The minimum Gasteiger partial charge on any atom is -0.507 e. The molecule has 0 bridgehead atoms. The van der Waals surface area contributed by atoms with Gasteiger partial charge in [0.15, 0.2) is 0 Å². The minimum atomic E-state index is -0.705. The third-order valence-electron chi connectivity index (χ3n) is 5.82. The molecule has 1 unspecified atom stereocenters. The number of amides is 1. The maximum absolute atomic E-state index is 13.2. The van der Waals surface area contributed by atoms with Gasteiger partial charge in [0.25, 0.3) is 11.7 Å². The van der Waals surface area contributed by atoms with Crippen molar-refractivity contribution in [3.63, 3.8) is 0 Å². The Morgan fingerprint density at radius 3 is 2.06 bits per heavy atom.